The third-order valence-corrected chi connectivity index (χ3v) is 4.87. The molecule has 3 aromatic carbocycles. The van der Waals surface area contributed by atoms with Crippen molar-refractivity contribution in [2.45, 2.75) is 27.4 Å². The molecule has 0 atom stereocenters. The summed E-state index contributed by atoms with van der Waals surface area (Å²) in [6.45, 7) is 6.20. The summed E-state index contributed by atoms with van der Waals surface area (Å²) >= 11 is 0. The molecule has 0 bridgehead atoms. The summed E-state index contributed by atoms with van der Waals surface area (Å²) in [5, 5.41) is 2.45. The molecule has 0 aliphatic heterocycles. The van der Waals surface area contributed by atoms with Crippen molar-refractivity contribution in [1.29, 1.82) is 0 Å². The van der Waals surface area contributed by atoms with Gasteiger partial charge < -0.3 is 14.8 Å². The highest BCUT2D eigenvalue weighted by Gasteiger charge is 2.14. The molecule has 4 nitrogen and oxygen atoms in total. The van der Waals surface area contributed by atoms with Crippen molar-refractivity contribution in [3.05, 3.63) is 88.0 Å². The van der Waals surface area contributed by atoms with E-state index in [1.807, 2.05) is 26.8 Å². The van der Waals surface area contributed by atoms with Gasteiger partial charge in [0, 0.05) is 17.2 Å². The summed E-state index contributed by atoms with van der Waals surface area (Å²) < 4.78 is 38.3. The Hall–Kier alpha value is -3.41. The minimum absolute atomic E-state index is 0.0964. The van der Waals surface area contributed by atoms with Crippen molar-refractivity contribution in [1.82, 2.24) is 0 Å². The molecule has 0 radical (unpaired) electrons. The molecule has 0 aliphatic carbocycles. The van der Waals surface area contributed by atoms with Crippen LogP contribution >= 0.6 is 0 Å². The third-order valence-electron chi connectivity index (χ3n) is 4.87. The van der Waals surface area contributed by atoms with Gasteiger partial charge in [-0.3, -0.25) is 4.79 Å². The van der Waals surface area contributed by atoms with Crippen LogP contribution in [0, 0.1) is 32.4 Å². The summed E-state index contributed by atoms with van der Waals surface area (Å²) in [7, 11) is 1.54. The average Bonchev–Trinajstić information content (AvgIpc) is 2.71. The van der Waals surface area contributed by atoms with E-state index < -0.39 is 17.5 Å². The number of anilines is 1. The molecule has 0 spiro atoms. The van der Waals surface area contributed by atoms with Crippen molar-refractivity contribution in [3.63, 3.8) is 0 Å². The zero-order valence-electron chi connectivity index (χ0n) is 17.3. The van der Waals surface area contributed by atoms with Gasteiger partial charge in [0.05, 0.1) is 12.8 Å². The number of hydrogen-bond donors (Lipinski definition) is 1. The number of hydrogen-bond acceptors (Lipinski definition) is 3. The Bertz CT molecular complexity index is 1100. The van der Waals surface area contributed by atoms with Gasteiger partial charge >= 0.3 is 0 Å². The summed E-state index contributed by atoms with van der Waals surface area (Å²) in [6.07, 6.45) is 0. The lowest BCUT2D eigenvalue weighted by atomic mass is 10.1. The highest BCUT2D eigenvalue weighted by Crippen LogP contribution is 2.27. The van der Waals surface area contributed by atoms with Crippen molar-refractivity contribution >= 4 is 11.6 Å². The molecule has 156 valence electrons. The van der Waals surface area contributed by atoms with E-state index >= 15 is 0 Å². The highest BCUT2D eigenvalue weighted by atomic mass is 19.1. The van der Waals surface area contributed by atoms with Crippen LogP contribution in [0.15, 0.2) is 48.5 Å². The van der Waals surface area contributed by atoms with E-state index in [-0.39, 0.29) is 12.3 Å². The van der Waals surface area contributed by atoms with Crippen LogP contribution in [0.5, 0.6) is 11.5 Å². The number of rotatable bonds is 6. The summed E-state index contributed by atoms with van der Waals surface area (Å²) in [6, 6.07) is 11.9. The summed E-state index contributed by atoms with van der Waals surface area (Å²) in [4.78, 5) is 12.6. The molecule has 1 N–H and O–H groups in total. The van der Waals surface area contributed by atoms with Gasteiger partial charge in [0.25, 0.3) is 5.91 Å². The Morgan fingerprint density at radius 2 is 1.73 bits per heavy atom. The molecule has 3 aromatic rings. The number of carbonyl (C=O) groups excluding carboxylic acids is 1. The molecule has 0 heterocycles. The lowest BCUT2D eigenvalue weighted by Gasteiger charge is -2.15. The molecule has 3 rings (SSSR count). The van der Waals surface area contributed by atoms with Gasteiger partial charge in [-0.05, 0) is 73.9 Å². The Labute approximate surface area is 174 Å². The number of halogens is 2. The van der Waals surface area contributed by atoms with E-state index in [0.29, 0.717) is 16.9 Å². The van der Waals surface area contributed by atoms with Gasteiger partial charge in [-0.1, -0.05) is 6.07 Å². The first-order valence-corrected chi connectivity index (χ1v) is 9.42. The van der Waals surface area contributed by atoms with E-state index in [9.17, 15) is 13.6 Å². The average molecular weight is 411 g/mol. The molecule has 1 amide bonds. The Morgan fingerprint density at radius 1 is 0.967 bits per heavy atom. The largest absolute Gasteiger partial charge is 0.496 e. The van der Waals surface area contributed by atoms with Crippen molar-refractivity contribution in [2.24, 2.45) is 0 Å². The van der Waals surface area contributed by atoms with Crippen LogP contribution in [-0.4, -0.2) is 13.0 Å². The predicted molar refractivity (Wildman–Crippen MR) is 112 cm³/mol. The standard InChI is InChI=1S/C24H23F2NO3/c1-14-9-15(2)16(3)23(10-14)30-13-18-11-17(5-8-22(18)29-4)24(28)27-21-7-6-19(25)12-20(21)26/h5-12H,13H2,1-4H3,(H,27,28). The first kappa shape index (κ1) is 21.3. The van der Waals surface area contributed by atoms with E-state index in [0.717, 1.165) is 34.6 Å². The summed E-state index contributed by atoms with van der Waals surface area (Å²) in [5.41, 5.74) is 4.14. The number of ether oxygens (including phenoxy) is 2. The molecule has 0 saturated heterocycles. The fourth-order valence-electron chi connectivity index (χ4n) is 3.12. The van der Waals surface area contributed by atoms with Crippen molar-refractivity contribution < 1.29 is 23.0 Å². The fourth-order valence-corrected chi connectivity index (χ4v) is 3.12. The van der Waals surface area contributed by atoms with Crippen LogP contribution < -0.4 is 14.8 Å². The second kappa shape index (κ2) is 8.95. The predicted octanol–water partition coefficient (Wildman–Crippen LogP) is 5.73. The number of nitrogens with one attached hydrogen (secondary N) is 1. The fraction of sp³-hybridized carbons (Fsp3) is 0.208. The maximum atomic E-state index is 13.8. The number of carbonyl (C=O) groups is 1. The highest BCUT2D eigenvalue weighted by molar-refractivity contribution is 6.04. The Morgan fingerprint density at radius 3 is 2.43 bits per heavy atom. The van der Waals surface area contributed by atoms with Gasteiger partial charge in [0.15, 0.2) is 0 Å². The molecule has 0 fully saturated rings. The Balaban J connectivity index is 1.82. The van der Waals surface area contributed by atoms with Crippen molar-refractivity contribution in [2.75, 3.05) is 12.4 Å². The minimum Gasteiger partial charge on any atom is -0.496 e. The quantitative estimate of drug-likeness (QED) is 0.564. The van der Waals surface area contributed by atoms with Crippen LogP contribution in [0.25, 0.3) is 0 Å². The zero-order chi connectivity index (χ0) is 21.8. The van der Waals surface area contributed by atoms with Gasteiger partial charge in [-0.2, -0.15) is 0 Å². The Kier molecular flexibility index (Phi) is 6.35. The van der Waals surface area contributed by atoms with E-state index in [1.165, 1.54) is 13.2 Å². The van der Waals surface area contributed by atoms with Gasteiger partial charge in [0.2, 0.25) is 0 Å². The molecule has 0 unspecified atom stereocenters. The molecule has 0 aliphatic rings. The number of aryl methyl sites for hydroxylation is 2. The number of amides is 1. The monoisotopic (exact) mass is 411 g/mol. The van der Waals surface area contributed by atoms with Crippen LogP contribution in [0.1, 0.15) is 32.6 Å². The van der Waals surface area contributed by atoms with Crippen LogP contribution in [-0.2, 0) is 6.61 Å². The molecule has 30 heavy (non-hydrogen) atoms. The SMILES string of the molecule is COc1ccc(C(=O)Nc2ccc(F)cc2F)cc1COc1cc(C)cc(C)c1C. The second-order valence-corrected chi connectivity index (χ2v) is 7.10. The van der Waals surface area contributed by atoms with Gasteiger partial charge in [-0.25, -0.2) is 8.78 Å². The zero-order valence-corrected chi connectivity index (χ0v) is 17.3. The smallest absolute Gasteiger partial charge is 0.255 e. The lowest BCUT2D eigenvalue weighted by Crippen LogP contribution is -2.14. The van der Waals surface area contributed by atoms with Crippen molar-refractivity contribution in [3.8, 4) is 11.5 Å². The van der Waals surface area contributed by atoms with E-state index in [4.69, 9.17) is 9.47 Å². The second-order valence-electron chi connectivity index (χ2n) is 7.10. The minimum atomic E-state index is -0.842. The maximum absolute atomic E-state index is 13.8. The van der Waals surface area contributed by atoms with E-state index in [2.05, 4.69) is 11.4 Å². The third kappa shape index (κ3) is 4.76. The first-order valence-electron chi connectivity index (χ1n) is 9.42. The molecule has 0 aromatic heterocycles. The van der Waals surface area contributed by atoms with Gasteiger partial charge in [0.1, 0.15) is 29.7 Å². The molecular formula is C24H23F2NO3. The van der Waals surface area contributed by atoms with Crippen LogP contribution in [0.2, 0.25) is 0 Å². The summed E-state index contributed by atoms with van der Waals surface area (Å²) in [5.74, 6) is -0.743. The van der Waals surface area contributed by atoms with Crippen LogP contribution in [0.4, 0.5) is 14.5 Å². The lowest BCUT2D eigenvalue weighted by molar-refractivity contribution is 0.102. The normalized spacial score (nSPS) is 10.6. The first-order chi connectivity index (χ1) is 14.3. The maximum Gasteiger partial charge on any atom is 0.255 e. The van der Waals surface area contributed by atoms with E-state index in [1.54, 1.807) is 18.2 Å². The molecule has 6 heteroatoms. The topological polar surface area (TPSA) is 47.6 Å². The molecular weight excluding hydrogens is 388 g/mol. The van der Waals surface area contributed by atoms with Crippen LogP contribution in [0.3, 0.4) is 0 Å². The number of benzene rings is 3. The number of methoxy groups -OCH3 is 1. The van der Waals surface area contributed by atoms with Gasteiger partial charge in [-0.15, -0.1) is 0 Å². The molecule has 0 saturated carbocycles.